The Bertz CT molecular complexity index is 455. The number of anilines is 1. The molecule has 3 nitrogen and oxygen atoms in total. The number of hydrogen-bond donors (Lipinski definition) is 1. The van der Waals surface area contributed by atoms with Crippen LogP contribution in [-0.2, 0) is 0 Å². The van der Waals surface area contributed by atoms with Crippen molar-refractivity contribution in [1.29, 1.82) is 0 Å². The number of nitrogens with two attached hydrogens (primary N) is 1. The van der Waals surface area contributed by atoms with Crippen LogP contribution in [0.1, 0.15) is 43.0 Å². The Balaban J connectivity index is 2.13. The van der Waals surface area contributed by atoms with Gasteiger partial charge >= 0.3 is 0 Å². The standard InChI is InChI=1S/C15H21ClN2O/c1-10-4-3-5-14(6-10)18(2)15(19)11-7-12(16)9-13(17)8-11/h7-10,14H,3-6,17H2,1-2H3. The quantitative estimate of drug-likeness (QED) is 0.842. The molecule has 1 saturated carbocycles. The summed E-state index contributed by atoms with van der Waals surface area (Å²) in [6.45, 7) is 2.25. The van der Waals surface area contributed by atoms with Crippen molar-refractivity contribution in [3.8, 4) is 0 Å². The lowest BCUT2D eigenvalue weighted by atomic mass is 9.86. The first-order valence-corrected chi connectivity index (χ1v) is 7.18. The largest absolute Gasteiger partial charge is 0.399 e. The minimum atomic E-state index is 0.00769. The predicted molar refractivity (Wildman–Crippen MR) is 79.4 cm³/mol. The van der Waals surface area contributed by atoms with Crippen molar-refractivity contribution < 1.29 is 4.79 Å². The molecule has 0 spiro atoms. The summed E-state index contributed by atoms with van der Waals surface area (Å²) >= 11 is 5.96. The van der Waals surface area contributed by atoms with Gasteiger partial charge in [0.2, 0.25) is 0 Å². The molecule has 1 aromatic carbocycles. The summed E-state index contributed by atoms with van der Waals surface area (Å²) in [6, 6.07) is 5.36. The maximum absolute atomic E-state index is 12.5. The zero-order chi connectivity index (χ0) is 14.0. The van der Waals surface area contributed by atoms with Crippen molar-refractivity contribution in [3.63, 3.8) is 0 Å². The average molecular weight is 281 g/mol. The van der Waals surface area contributed by atoms with Crippen molar-refractivity contribution >= 4 is 23.2 Å². The Hall–Kier alpha value is -1.22. The first kappa shape index (κ1) is 14.2. The number of rotatable bonds is 2. The van der Waals surface area contributed by atoms with E-state index in [0.29, 0.717) is 28.2 Å². The van der Waals surface area contributed by atoms with Crippen LogP contribution in [0.4, 0.5) is 5.69 Å². The van der Waals surface area contributed by atoms with Gasteiger partial charge in [0.25, 0.3) is 5.91 Å². The van der Waals surface area contributed by atoms with Gasteiger partial charge in [-0.15, -0.1) is 0 Å². The third-order valence-corrected chi connectivity index (χ3v) is 4.16. The molecular formula is C15H21ClN2O. The molecule has 0 radical (unpaired) electrons. The normalized spacial score (nSPS) is 23.1. The van der Waals surface area contributed by atoms with Crippen LogP contribution in [0.3, 0.4) is 0 Å². The second kappa shape index (κ2) is 5.83. The molecule has 0 aromatic heterocycles. The summed E-state index contributed by atoms with van der Waals surface area (Å²) in [5, 5.41) is 0.508. The lowest BCUT2D eigenvalue weighted by Crippen LogP contribution is -2.39. The number of benzene rings is 1. The zero-order valence-electron chi connectivity index (χ0n) is 11.5. The highest BCUT2D eigenvalue weighted by Gasteiger charge is 2.26. The van der Waals surface area contributed by atoms with Crippen molar-refractivity contribution in [2.45, 2.75) is 38.6 Å². The van der Waals surface area contributed by atoms with Gasteiger partial charge in [0.15, 0.2) is 0 Å². The topological polar surface area (TPSA) is 46.3 Å². The van der Waals surface area contributed by atoms with Crippen molar-refractivity contribution in [1.82, 2.24) is 4.90 Å². The number of halogens is 1. The van der Waals surface area contributed by atoms with Gasteiger partial charge in [-0.05, 0) is 37.0 Å². The van der Waals surface area contributed by atoms with E-state index in [1.54, 1.807) is 18.2 Å². The molecule has 1 aliphatic carbocycles. The third kappa shape index (κ3) is 3.41. The molecule has 1 fully saturated rings. The van der Waals surface area contributed by atoms with E-state index in [9.17, 15) is 4.79 Å². The van der Waals surface area contributed by atoms with Gasteiger partial charge in [0.05, 0.1) is 0 Å². The van der Waals surface area contributed by atoms with E-state index in [1.165, 1.54) is 12.8 Å². The predicted octanol–water partition coefficient (Wildman–Crippen LogP) is 3.57. The second-order valence-corrected chi connectivity index (χ2v) is 6.05. The van der Waals surface area contributed by atoms with Crippen LogP contribution >= 0.6 is 11.6 Å². The molecule has 0 aliphatic heterocycles. The van der Waals surface area contributed by atoms with Crippen LogP contribution in [0.15, 0.2) is 18.2 Å². The fourth-order valence-electron chi connectivity index (χ4n) is 2.86. The van der Waals surface area contributed by atoms with Crippen LogP contribution < -0.4 is 5.73 Å². The SMILES string of the molecule is CC1CCCC(N(C)C(=O)c2cc(N)cc(Cl)c2)C1. The second-order valence-electron chi connectivity index (χ2n) is 5.61. The molecule has 2 atom stereocenters. The molecule has 2 N–H and O–H groups in total. The van der Waals surface area contributed by atoms with Gasteiger partial charge in [0, 0.05) is 29.4 Å². The Morgan fingerprint density at radius 1 is 1.37 bits per heavy atom. The Kier molecular flexibility index (Phi) is 4.35. The van der Waals surface area contributed by atoms with Crippen molar-refractivity contribution in [2.24, 2.45) is 5.92 Å². The van der Waals surface area contributed by atoms with Crippen LogP contribution in [0.5, 0.6) is 0 Å². The molecule has 19 heavy (non-hydrogen) atoms. The molecule has 0 heterocycles. The molecule has 2 unspecified atom stereocenters. The number of hydrogen-bond acceptors (Lipinski definition) is 2. The van der Waals surface area contributed by atoms with Crippen LogP contribution in [0.25, 0.3) is 0 Å². The summed E-state index contributed by atoms with van der Waals surface area (Å²) in [5.74, 6) is 0.701. The maximum atomic E-state index is 12.5. The third-order valence-electron chi connectivity index (χ3n) is 3.94. The van der Waals surface area contributed by atoms with Crippen molar-refractivity contribution in [3.05, 3.63) is 28.8 Å². The van der Waals surface area contributed by atoms with Crippen LogP contribution in [-0.4, -0.2) is 23.9 Å². The molecule has 4 heteroatoms. The smallest absolute Gasteiger partial charge is 0.253 e. The van der Waals surface area contributed by atoms with E-state index in [1.807, 2.05) is 11.9 Å². The van der Waals surface area contributed by atoms with Gasteiger partial charge in [-0.25, -0.2) is 0 Å². The summed E-state index contributed by atoms with van der Waals surface area (Å²) in [6.07, 6.45) is 4.63. The zero-order valence-corrected chi connectivity index (χ0v) is 12.3. The van der Waals surface area contributed by atoms with Gasteiger partial charge in [0.1, 0.15) is 0 Å². The van der Waals surface area contributed by atoms with Gasteiger partial charge in [-0.3, -0.25) is 4.79 Å². The Morgan fingerprint density at radius 3 is 2.74 bits per heavy atom. The summed E-state index contributed by atoms with van der Waals surface area (Å²) in [5.41, 5.74) is 6.85. The van der Waals surface area contributed by atoms with Crippen LogP contribution in [0.2, 0.25) is 5.02 Å². The van der Waals surface area contributed by atoms with E-state index in [-0.39, 0.29) is 5.91 Å². The Labute approximate surface area is 119 Å². The molecule has 1 aliphatic rings. The molecule has 1 aromatic rings. The number of carbonyl (C=O) groups is 1. The highest BCUT2D eigenvalue weighted by atomic mass is 35.5. The average Bonchev–Trinajstić information content (AvgIpc) is 2.36. The number of amides is 1. The highest BCUT2D eigenvalue weighted by Crippen LogP contribution is 2.28. The number of carbonyl (C=O) groups excluding carboxylic acids is 1. The fourth-order valence-corrected chi connectivity index (χ4v) is 3.10. The van der Waals surface area contributed by atoms with E-state index >= 15 is 0 Å². The minimum absolute atomic E-state index is 0.00769. The molecule has 2 rings (SSSR count). The summed E-state index contributed by atoms with van der Waals surface area (Å²) in [4.78, 5) is 14.3. The van der Waals surface area contributed by atoms with E-state index in [4.69, 9.17) is 17.3 Å². The molecule has 1 amide bonds. The monoisotopic (exact) mass is 280 g/mol. The minimum Gasteiger partial charge on any atom is -0.399 e. The van der Waals surface area contributed by atoms with Gasteiger partial charge in [-0.2, -0.15) is 0 Å². The summed E-state index contributed by atoms with van der Waals surface area (Å²) < 4.78 is 0. The molecular weight excluding hydrogens is 260 g/mol. The number of nitrogens with zero attached hydrogens (tertiary/aromatic N) is 1. The van der Waals surface area contributed by atoms with E-state index in [2.05, 4.69) is 6.92 Å². The highest BCUT2D eigenvalue weighted by molar-refractivity contribution is 6.31. The van der Waals surface area contributed by atoms with Crippen LogP contribution in [0, 0.1) is 5.92 Å². The van der Waals surface area contributed by atoms with E-state index in [0.717, 1.165) is 12.8 Å². The lowest BCUT2D eigenvalue weighted by Gasteiger charge is -2.34. The number of nitrogen functional groups attached to an aromatic ring is 1. The van der Waals surface area contributed by atoms with Gasteiger partial charge in [-0.1, -0.05) is 31.4 Å². The first-order chi connectivity index (χ1) is 8.97. The van der Waals surface area contributed by atoms with E-state index < -0.39 is 0 Å². The molecule has 104 valence electrons. The van der Waals surface area contributed by atoms with Crippen molar-refractivity contribution in [2.75, 3.05) is 12.8 Å². The first-order valence-electron chi connectivity index (χ1n) is 6.80. The lowest BCUT2D eigenvalue weighted by molar-refractivity contribution is 0.0672. The molecule has 0 bridgehead atoms. The summed E-state index contributed by atoms with van der Waals surface area (Å²) in [7, 11) is 1.88. The fraction of sp³-hybridized carbons (Fsp3) is 0.533. The molecule has 0 saturated heterocycles. The van der Waals surface area contributed by atoms with Gasteiger partial charge < -0.3 is 10.6 Å². The Morgan fingerprint density at radius 2 is 2.11 bits per heavy atom. The maximum Gasteiger partial charge on any atom is 0.253 e.